The first-order valence-electron chi connectivity index (χ1n) is 19.6. The van der Waals surface area contributed by atoms with E-state index in [0.717, 1.165) is 38.5 Å². The third kappa shape index (κ3) is 27.1. The van der Waals surface area contributed by atoms with Gasteiger partial charge in [-0.1, -0.05) is 181 Å². The third-order valence-electron chi connectivity index (χ3n) is 9.04. The number of unbranched alkanes of at least 4 members (excludes halogenated alkanes) is 26. The van der Waals surface area contributed by atoms with Gasteiger partial charge in [0.25, 0.3) is 0 Å². The average molecular weight is 703 g/mol. The monoisotopic (exact) mass is 702 g/mol. The van der Waals surface area contributed by atoms with Crippen LogP contribution in [0.25, 0.3) is 0 Å². The molecule has 1 atom stereocenters. The van der Waals surface area contributed by atoms with E-state index in [4.69, 9.17) is 9.47 Å². The Morgan fingerprint density at radius 1 is 0.500 bits per heavy atom. The molecule has 0 aliphatic rings. The maximum atomic E-state index is 12.7. The quantitative estimate of drug-likeness (QED) is 0.0340. The average Bonchev–Trinajstić information content (AvgIpc) is 3.07. The summed E-state index contributed by atoms with van der Waals surface area (Å²) in [4.78, 5) is 25.3. The van der Waals surface area contributed by atoms with E-state index < -0.39 is 23.0 Å². The van der Waals surface area contributed by atoms with Crippen LogP contribution in [0, 0.1) is 0 Å². The van der Waals surface area contributed by atoms with Crippen molar-refractivity contribution in [2.75, 3.05) is 13.2 Å². The molecule has 1 unspecified atom stereocenters. The molecule has 0 fully saturated rings. The summed E-state index contributed by atoms with van der Waals surface area (Å²) in [5.41, 5.74) is 0.192. The molecular formula is C40H71NaO6S. The summed E-state index contributed by atoms with van der Waals surface area (Å²) >= 11 is -2.33. The van der Waals surface area contributed by atoms with Gasteiger partial charge < -0.3 is 15.5 Å². The molecule has 1 aromatic carbocycles. The minimum absolute atomic E-state index is 0. The summed E-state index contributed by atoms with van der Waals surface area (Å²) in [5, 5.41) is 0. The Morgan fingerprint density at radius 3 is 1.00 bits per heavy atom. The predicted molar refractivity (Wildman–Crippen MR) is 198 cm³/mol. The van der Waals surface area contributed by atoms with E-state index in [2.05, 4.69) is 13.8 Å². The molecule has 0 aromatic heterocycles. The Kier molecular flexibility index (Phi) is 34.2. The van der Waals surface area contributed by atoms with Crippen LogP contribution in [0.2, 0.25) is 0 Å². The first kappa shape index (κ1) is 47.3. The summed E-state index contributed by atoms with van der Waals surface area (Å²) in [6.45, 7) is 5.10. The van der Waals surface area contributed by atoms with Gasteiger partial charge in [0.2, 0.25) is 0 Å². The van der Waals surface area contributed by atoms with Gasteiger partial charge in [-0.15, -0.1) is 0 Å². The standard InChI is InChI=1S/C40H70O6S.Na.H/c1-3-5-7-9-11-13-15-17-19-21-23-25-27-29-31-45-39(41)36-33-37(35-38(34-36)47(43)44)40(42)46-32-30-28-26-24-22-20-18-16-14-12-10-8-6-4-2;;/h33-35H,3-32H2,1-2H3,(H,43,44);;/q;+1;-1. The van der Waals surface area contributed by atoms with E-state index >= 15 is 0 Å². The molecule has 274 valence electrons. The van der Waals surface area contributed by atoms with Gasteiger partial charge in [0, 0.05) is 0 Å². The van der Waals surface area contributed by atoms with Crippen molar-refractivity contribution in [1.29, 1.82) is 0 Å². The zero-order valence-corrected chi connectivity index (χ0v) is 34.2. The van der Waals surface area contributed by atoms with Gasteiger partial charge in [0.1, 0.15) is 0 Å². The Labute approximate surface area is 321 Å². The molecule has 0 radical (unpaired) electrons. The minimum atomic E-state index is -2.33. The second-order valence-corrected chi connectivity index (χ2v) is 14.4. The summed E-state index contributed by atoms with van der Waals surface area (Å²) in [6.07, 6.45) is 35.1. The number of esters is 2. The van der Waals surface area contributed by atoms with Gasteiger partial charge in [-0.25, -0.2) is 13.8 Å². The number of carbonyl (C=O) groups excluding carboxylic acids is 2. The maximum absolute atomic E-state index is 12.7. The summed E-state index contributed by atoms with van der Waals surface area (Å²) in [5.74, 6) is -1.18. The fourth-order valence-corrected chi connectivity index (χ4v) is 6.48. The Bertz CT molecular complexity index is 883. The van der Waals surface area contributed by atoms with Crippen molar-refractivity contribution in [1.82, 2.24) is 0 Å². The molecule has 1 rings (SSSR count). The summed E-state index contributed by atoms with van der Waals surface area (Å²) in [7, 11) is 0. The molecule has 0 amide bonds. The Balaban J connectivity index is 0. The third-order valence-corrected chi connectivity index (χ3v) is 9.68. The van der Waals surface area contributed by atoms with E-state index in [0.29, 0.717) is 13.2 Å². The van der Waals surface area contributed by atoms with E-state index in [9.17, 15) is 18.4 Å². The van der Waals surface area contributed by atoms with Crippen LogP contribution < -0.4 is 29.6 Å². The molecule has 0 spiro atoms. The predicted octanol–water partition coefficient (Wildman–Crippen LogP) is 9.66. The zero-order chi connectivity index (χ0) is 34.2. The van der Waals surface area contributed by atoms with Gasteiger partial charge in [-0.05, 0) is 31.0 Å². The molecule has 1 N–H and O–H groups in total. The fraction of sp³-hybridized carbons (Fsp3) is 0.800. The molecule has 0 aliphatic carbocycles. The van der Waals surface area contributed by atoms with Crippen LogP contribution in [0.5, 0.6) is 0 Å². The van der Waals surface area contributed by atoms with Crippen molar-refractivity contribution in [2.24, 2.45) is 0 Å². The molecule has 1 aromatic rings. The number of benzene rings is 1. The second kappa shape index (κ2) is 34.7. The Morgan fingerprint density at radius 2 is 0.750 bits per heavy atom. The van der Waals surface area contributed by atoms with E-state index in [-0.39, 0.29) is 47.0 Å². The first-order chi connectivity index (χ1) is 23.0. The SMILES string of the molecule is CCCCCCCCCCCCCCCCOC(=O)c1cc(C(=O)OCCCCCCCCCCCCCCCC)cc(S(=O)O)c1.[H-].[Na+]. The van der Waals surface area contributed by atoms with Crippen molar-refractivity contribution in [3.63, 3.8) is 0 Å². The minimum Gasteiger partial charge on any atom is -1.00 e. The topological polar surface area (TPSA) is 89.9 Å². The zero-order valence-electron chi connectivity index (χ0n) is 32.3. The molecule has 0 heterocycles. The number of rotatable bonds is 33. The number of hydrogen-bond acceptors (Lipinski definition) is 5. The van der Waals surface area contributed by atoms with Crippen molar-refractivity contribution >= 4 is 23.0 Å². The van der Waals surface area contributed by atoms with E-state index in [1.165, 1.54) is 159 Å². The van der Waals surface area contributed by atoms with Gasteiger partial charge in [-0.2, -0.15) is 0 Å². The molecule has 6 nitrogen and oxygen atoms in total. The van der Waals surface area contributed by atoms with Crippen molar-refractivity contribution < 1.29 is 58.8 Å². The van der Waals surface area contributed by atoms with Gasteiger partial charge in [-0.3, -0.25) is 0 Å². The van der Waals surface area contributed by atoms with E-state index in [1.807, 2.05) is 0 Å². The van der Waals surface area contributed by atoms with Crippen molar-refractivity contribution in [3.8, 4) is 0 Å². The molecule has 0 bridgehead atoms. The molecule has 0 saturated carbocycles. The number of carbonyl (C=O) groups is 2. The summed E-state index contributed by atoms with van der Waals surface area (Å²) in [6, 6.07) is 4.03. The van der Waals surface area contributed by atoms with Crippen LogP contribution in [0.1, 0.15) is 216 Å². The van der Waals surface area contributed by atoms with Crippen molar-refractivity contribution in [2.45, 2.75) is 199 Å². The van der Waals surface area contributed by atoms with Crippen LogP contribution in [0.3, 0.4) is 0 Å². The maximum Gasteiger partial charge on any atom is 1.00 e. The van der Waals surface area contributed by atoms with Gasteiger partial charge in [0.15, 0.2) is 11.1 Å². The molecule has 0 saturated heterocycles. The normalized spacial score (nSPS) is 11.6. The van der Waals surface area contributed by atoms with Gasteiger partial charge >= 0.3 is 41.5 Å². The Hall–Kier alpha value is -0.730. The largest absolute Gasteiger partial charge is 1.00 e. The van der Waals surface area contributed by atoms with Crippen LogP contribution in [-0.2, 0) is 20.6 Å². The summed E-state index contributed by atoms with van der Waals surface area (Å²) < 4.78 is 32.3. The molecule has 8 heteroatoms. The molecule has 0 aliphatic heterocycles. The molecular weight excluding hydrogens is 631 g/mol. The first-order valence-corrected chi connectivity index (χ1v) is 20.7. The second-order valence-electron chi connectivity index (χ2n) is 13.5. The van der Waals surface area contributed by atoms with Crippen molar-refractivity contribution in [3.05, 3.63) is 29.3 Å². The molecule has 48 heavy (non-hydrogen) atoms. The van der Waals surface area contributed by atoms with Crippen LogP contribution >= 0.6 is 0 Å². The number of ether oxygens (including phenoxy) is 2. The number of hydrogen-bond donors (Lipinski definition) is 1. The van der Waals surface area contributed by atoms with E-state index in [1.54, 1.807) is 0 Å². The van der Waals surface area contributed by atoms with Crippen LogP contribution in [0.15, 0.2) is 23.1 Å². The smallest absolute Gasteiger partial charge is 1.00 e. The van der Waals surface area contributed by atoms with Gasteiger partial charge in [0.05, 0.1) is 29.2 Å². The van der Waals surface area contributed by atoms with Crippen LogP contribution in [-0.4, -0.2) is 33.9 Å². The van der Waals surface area contributed by atoms with Crippen LogP contribution in [0.4, 0.5) is 0 Å². The fourth-order valence-electron chi connectivity index (χ4n) is 6.03.